The number of urea groups is 1. The molecule has 8 heteroatoms. The van der Waals surface area contributed by atoms with E-state index in [9.17, 15) is 14.4 Å². The van der Waals surface area contributed by atoms with Gasteiger partial charge in [-0.3, -0.25) is 14.5 Å². The summed E-state index contributed by atoms with van der Waals surface area (Å²) in [5.41, 5.74) is 2.29. The van der Waals surface area contributed by atoms with Crippen molar-refractivity contribution >= 4 is 29.2 Å². The van der Waals surface area contributed by atoms with Crippen molar-refractivity contribution in [3.63, 3.8) is 0 Å². The molecule has 0 radical (unpaired) electrons. The summed E-state index contributed by atoms with van der Waals surface area (Å²) in [5.74, 6) is -0.934. The number of aliphatic hydroxyl groups is 1. The average Bonchev–Trinajstić information content (AvgIpc) is 2.77. The topological polar surface area (TPSA) is 102 Å². The zero-order valence-corrected chi connectivity index (χ0v) is 12.5. The Balaban J connectivity index is 1.86. The summed E-state index contributed by atoms with van der Waals surface area (Å²) in [6.07, 6.45) is 1.21. The third kappa shape index (κ3) is 2.64. The fraction of sp³-hybridized carbons (Fsp3) is 0.267. The van der Waals surface area contributed by atoms with Gasteiger partial charge < -0.3 is 20.6 Å². The zero-order chi connectivity index (χ0) is 16.6. The van der Waals surface area contributed by atoms with Crippen molar-refractivity contribution in [2.75, 3.05) is 30.8 Å². The van der Waals surface area contributed by atoms with Crippen LogP contribution in [0.3, 0.4) is 0 Å². The van der Waals surface area contributed by atoms with Crippen molar-refractivity contribution in [3.8, 4) is 0 Å². The number of anilines is 2. The Hall–Kier alpha value is -2.87. The number of benzene rings is 1. The van der Waals surface area contributed by atoms with Crippen LogP contribution in [0.1, 0.15) is 5.56 Å². The summed E-state index contributed by atoms with van der Waals surface area (Å²) in [7, 11) is 1.67. The second kappa shape index (κ2) is 5.73. The number of hydrogen-bond acceptors (Lipinski definition) is 5. The van der Waals surface area contributed by atoms with Crippen LogP contribution in [0.25, 0.3) is 0 Å². The number of carbonyl (C=O) groups is 3. The van der Waals surface area contributed by atoms with Gasteiger partial charge in [-0.05, 0) is 12.1 Å². The highest BCUT2D eigenvalue weighted by Crippen LogP contribution is 2.30. The molecule has 3 rings (SSSR count). The third-order valence-corrected chi connectivity index (χ3v) is 3.76. The van der Waals surface area contributed by atoms with Gasteiger partial charge in [0.15, 0.2) is 0 Å². The van der Waals surface area contributed by atoms with E-state index in [-0.39, 0.29) is 24.9 Å². The number of rotatable bonds is 4. The molecule has 1 aromatic carbocycles. The smallest absolute Gasteiger partial charge is 0.321 e. The van der Waals surface area contributed by atoms with Crippen molar-refractivity contribution < 1.29 is 19.5 Å². The van der Waals surface area contributed by atoms with Gasteiger partial charge in [0, 0.05) is 30.1 Å². The maximum atomic E-state index is 12.2. The number of nitrogens with zero attached hydrogens (tertiary/aromatic N) is 2. The molecule has 0 unspecified atom stereocenters. The molecule has 0 spiro atoms. The standard InChI is InChI=1S/C15H16N4O4/c1-18-8-9-10(3-2-4-11(9)17-15(18)23)16-12-7-13(21)19(5-6-20)14(12)22/h2-4,7,16,20H,5-6,8H2,1H3,(H,17,23). The lowest BCUT2D eigenvalue weighted by molar-refractivity contribution is -0.137. The quantitative estimate of drug-likeness (QED) is 0.694. The number of nitrogens with one attached hydrogen (secondary N) is 2. The second-order valence-corrected chi connectivity index (χ2v) is 5.32. The molecular weight excluding hydrogens is 300 g/mol. The Morgan fingerprint density at radius 3 is 2.83 bits per heavy atom. The molecule has 3 N–H and O–H groups in total. The molecule has 2 aliphatic rings. The Kier molecular flexibility index (Phi) is 3.75. The van der Waals surface area contributed by atoms with E-state index in [2.05, 4.69) is 10.6 Å². The van der Waals surface area contributed by atoms with Crippen molar-refractivity contribution in [1.29, 1.82) is 0 Å². The largest absolute Gasteiger partial charge is 0.395 e. The average molecular weight is 316 g/mol. The predicted molar refractivity (Wildman–Crippen MR) is 82.4 cm³/mol. The highest BCUT2D eigenvalue weighted by atomic mass is 16.3. The van der Waals surface area contributed by atoms with E-state index in [0.717, 1.165) is 10.5 Å². The van der Waals surface area contributed by atoms with Crippen LogP contribution < -0.4 is 10.6 Å². The van der Waals surface area contributed by atoms with Crippen LogP contribution in [-0.2, 0) is 16.1 Å². The molecule has 2 aliphatic heterocycles. The summed E-state index contributed by atoms with van der Waals surface area (Å²) in [5, 5.41) is 14.6. The molecule has 8 nitrogen and oxygen atoms in total. The van der Waals surface area contributed by atoms with Crippen LogP contribution in [0.5, 0.6) is 0 Å². The first kappa shape index (κ1) is 15.0. The molecule has 23 heavy (non-hydrogen) atoms. The van der Waals surface area contributed by atoms with E-state index in [1.54, 1.807) is 25.2 Å². The fourth-order valence-electron chi connectivity index (χ4n) is 2.57. The number of fused-ring (bicyclic) bond motifs is 1. The zero-order valence-electron chi connectivity index (χ0n) is 12.5. The Morgan fingerprint density at radius 2 is 2.09 bits per heavy atom. The molecule has 0 saturated heterocycles. The first-order valence-electron chi connectivity index (χ1n) is 7.10. The van der Waals surface area contributed by atoms with Gasteiger partial charge in [-0.25, -0.2) is 4.79 Å². The Labute approximate surface area is 132 Å². The van der Waals surface area contributed by atoms with E-state index in [0.29, 0.717) is 17.9 Å². The van der Waals surface area contributed by atoms with Crippen LogP contribution >= 0.6 is 0 Å². The molecule has 1 aromatic rings. The van der Waals surface area contributed by atoms with Crippen molar-refractivity contribution in [1.82, 2.24) is 9.80 Å². The molecule has 0 aliphatic carbocycles. The number of aliphatic hydroxyl groups excluding tert-OH is 1. The number of hydrogen-bond donors (Lipinski definition) is 3. The van der Waals surface area contributed by atoms with Crippen LogP contribution in [-0.4, -0.2) is 53.0 Å². The third-order valence-electron chi connectivity index (χ3n) is 3.76. The lowest BCUT2D eigenvalue weighted by Crippen LogP contribution is -2.36. The summed E-state index contributed by atoms with van der Waals surface area (Å²) < 4.78 is 0. The van der Waals surface area contributed by atoms with E-state index < -0.39 is 11.8 Å². The van der Waals surface area contributed by atoms with Crippen LogP contribution in [0.4, 0.5) is 16.2 Å². The van der Waals surface area contributed by atoms with E-state index >= 15 is 0 Å². The fourth-order valence-corrected chi connectivity index (χ4v) is 2.57. The lowest BCUT2D eigenvalue weighted by Gasteiger charge is -2.28. The highest BCUT2D eigenvalue weighted by molar-refractivity contribution is 6.17. The van der Waals surface area contributed by atoms with Gasteiger partial charge in [-0.2, -0.15) is 0 Å². The number of amides is 4. The van der Waals surface area contributed by atoms with Crippen LogP contribution in [0.15, 0.2) is 30.0 Å². The normalized spacial score (nSPS) is 17.1. The van der Waals surface area contributed by atoms with Gasteiger partial charge >= 0.3 is 6.03 Å². The minimum absolute atomic E-state index is 0.0367. The minimum atomic E-state index is -0.477. The monoisotopic (exact) mass is 316 g/mol. The molecular formula is C15H16N4O4. The van der Waals surface area contributed by atoms with Gasteiger partial charge in [0.1, 0.15) is 5.70 Å². The molecule has 0 atom stereocenters. The SMILES string of the molecule is CN1Cc2c(cccc2NC2=CC(=O)N(CCO)C2=O)NC1=O. The summed E-state index contributed by atoms with van der Waals surface area (Å²) in [6.45, 7) is 0.0707. The van der Waals surface area contributed by atoms with Crippen molar-refractivity contribution in [2.24, 2.45) is 0 Å². The van der Waals surface area contributed by atoms with Gasteiger partial charge in [0.2, 0.25) is 0 Å². The highest BCUT2D eigenvalue weighted by Gasteiger charge is 2.31. The van der Waals surface area contributed by atoms with E-state index in [1.165, 1.54) is 11.0 Å². The van der Waals surface area contributed by atoms with Gasteiger partial charge in [-0.1, -0.05) is 6.07 Å². The number of imide groups is 1. The van der Waals surface area contributed by atoms with Crippen molar-refractivity contribution in [3.05, 3.63) is 35.5 Å². The second-order valence-electron chi connectivity index (χ2n) is 5.32. The number of carbonyl (C=O) groups excluding carboxylic acids is 3. The summed E-state index contributed by atoms with van der Waals surface area (Å²) in [6, 6.07) is 5.10. The molecule has 0 saturated carbocycles. The van der Waals surface area contributed by atoms with E-state index in [4.69, 9.17) is 5.11 Å². The van der Waals surface area contributed by atoms with Gasteiger partial charge in [0.25, 0.3) is 11.8 Å². The van der Waals surface area contributed by atoms with Gasteiger partial charge in [-0.15, -0.1) is 0 Å². The maximum Gasteiger partial charge on any atom is 0.321 e. The van der Waals surface area contributed by atoms with E-state index in [1.807, 2.05) is 0 Å². The Bertz CT molecular complexity index is 728. The molecule has 120 valence electrons. The van der Waals surface area contributed by atoms with Crippen LogP contribution in [0, 0.1) is 0 Å². The van der Waals surface area contributed by atoms with Crippen molar-refractivity contribution in [2.45, 2.75) is 6.54 Å². The number of β-amino-alcohol motifs (C(OH)–C–C–N with tert-alkyl or cyclic N) is 1. The Morgan fingerprint density at radius 1 is 1.30 bits per heavy atom. The first-order valence-corrected chi connectivity index (χ1v) is 7.10. The molecule has 0 fully saturated rings. The molecule has 4 amide bonds. The maximum absolute atomic E-state index is 12.2. The summed E-state index contributed by atoms with van der Waals surface area (Å²) >= 11 is 0. The lowest BCUT2D eigenvalue weighted by atomic mass is 10.1. The van der Waals surface area contributed by atoms with Crippen LogP contribution in [0.2, 0.25) is 0 Å². The molecule has 0 aromatic heterocycles. The first-order chi connectivity index (χ1) is 11.0. The van der Waals surface area contributed by atoms with Gasteiger partial charge in [0.05, 0.1) is 19.7 Å². The minimum Gasteiger partial charge on any atom is -0.395 e. The summed E-state index contributed by atoms with van der Waals surface area (Å²) in [4.78, 5) is 38.1. The molecule has 2 heterocycles. The molecule has 0 bridgehead atoms. The predicted octanol–water partition coefficient (Wildman–Crippen LogP) is 0.321.